The van der Waals surface area contributed by atoms with Gasteiger partial charge in [0.25, 0.3) is 0 Å². The number of rotatable bonds is 3. The van der Waals surface area contributed by atoms with Crippen LogP contribution in [0.5, 0.6) is 0 Å². The Morgan fingerprint density at radius 1 is 0.800 bits per heavy atom. The first-order valence-electron chi connectivity index (χ1n) is 6.04. The number of hydrogen-bond donors (Lipinski definition) is 4. The number of nitrogen functional groups attached to an aromatic ring is 2. The van der Waals surface area contributed by atoms with Crippen molar-refractivity contribution in [2.24, 2.45) is 11.5 Å². The van der Waals surface area contributed by atoms with E-state index in [9.17, 15) is 0 Å². The minimum atomic E-state index is -0.0911. The zero-order chi connectivity index (χ0) is 14.9. The highest BCUT2D eigenvalue weighted by Crippen LogP contribution is 2.23. The molecule has 0 amide bonds. The van der Waals surface area contributed by atoms with E-state index in [0.29, 0.717) is 22.8 Å². The molecule has 2 heterocycles. The van der Waals surface area contributed by atoms with Crippen LogP contribution >= 0.6 is 0 Å². The standard InChI is InChI=1S/C14H16N6/c1-7-3-5-9(13(15)16)19-11(7)12-8(2)4-6-10(20-12)14(17)18/h3-6H,1-2H3,(H3,15,16)(H3,17,18). The van der Waals surface area contributed by atoms with Gasteiger partial charge in [0.05, 0.1) is 11.4 Å². The summed E-state index contributed by atoms with van der Waals surface area (Å²) in [5.41, 5.74) is 14.9. The third kappa shape index (κ3) is 2.49. The quantitative estimate of drug-likeness (QED) is 0.494. The lowest BCUT2D eigenvalue weighted by Crippen LogP contribution is -2.15. The van der Waals surface area contributed by atoms with Crippen molar-refractivity contribution < 1.29 is 0 Å². The molecule has 0 bridgehead atoms. The van der Waals surface area contributed by atoms with Crippen molar-refractivity contribution in [1.82, 2.24) is 9.97 Å². The molecule has 0 spiro atoms. The lowest BCUT2D eigenvalue weighted by molar-refractivity contribution is 1.15. The summed E-state index contributed by atoms with van der Waals surface area (Å²) in [6.45, 7) is 3.82. The SMILES string of the molecule is Cc1ccc(C(=N)N)nc1-c1nc(C(=N)N)ccc1C. The number of aryl methyl sites for hydroxylation is 2. The summed E-state index contributed by atoms with van der Waals surface area (Å²) < 4.78 is 0. The highest BCUT2D eigenvalue weighted by Gasteiger charge is 2.12. The molecule has 0 aliphatic carbocycles. The van der Waals surface area contributed by atoms with E-state index in [1.807, 2.05) is 26.0 Å². The number of amidine groups is 2. The van der Waals surface area contributed by atoms with Crippen LogP contribution in [0.25, 0.3) is 11.4 Å². The Morgan fingerprint density at radius 2 is 1.15 bits per heavy atom. The highest BCUT2D eigenvalue weighted by molar-refractivity contribution is 5.94. The Balaban J connectivity index is 2.67. The van der Waals surface area contributed by atoms with Gasteiger partial charge in [0, 0.05) is 0 Å². The number of pyridine rings is 2. The molecule has 0 saturated carbocycles. The van der Waals surface area contributed by atoms with Gasteiger partial charge in [-0.05, 0) is 37.1 Å². The molecule has 0 aliphatic rings. The van der Waals surface area contributed by atoms with E-state index in [0.717, 1.165) is 11.1 Å². The van der Waals surface area contributed by atoms with Gasteiger partial charge < -0.3 is 11.5 Å². The summed E-state index contributed by atoms with van der Waals surface area (Å²) in [5.74, 6) is -0.182. The predicted octanol–water partition coefficient (Wildman–Crippen LogP) is 1.33. The maximum absolute atomic E-state index is 7.47. The van der Waals surface area contributed by atoms with Gasteiger partial charge in [0.15, 0.2) is 0 Å². The molecule has 2 rings (SSSR count). The molecule has 2 aromatic heterocycles. The summed E-state index contributed by atoms with van der Waals surface area (Å²) in [6, 6.07) is 7.10. The van der Waals surface area contributed by atoms with Crippen LogP contribution in [0.3, 0.4) is 0 Å². The molecule has 6 N–H and O–H groups in total. The van der Waals surface area contributed by atoms with E-state index >= 15 is 0 Å². The van der Waals surface area contributed by atoms with Gasteiger partial charge in [0.2, 0.25) is 0 Å². The molecule has 0 radical (unpaired) electrons. The van der Waals surface area contributed by atoms with E-state index in [1.165, 1.54) is 0 Å². The van der Waals surface area contributed by atoms with Crippen LogP contribution < -0.4 is 11.5 Å². The lowest BCUT2D eigenvalue weighted by Gasteiger charge is -2.10. The first kappa shape index (κ1) is 13.7. The highest BCUT2D eigenvalue weighted by atomic mass is 14.9. The fourth-order valence-corrected chi connectivity index (χ4v) is 1.84. The molecule has 102 valence electrons. The van der Waals surface area contributed by atoms with Crippen LogP contribution in [-0.4, -0.2) is 21.6 Å². The topological polar surface area (TPSA) is 126 Å². The lowest BCUT2D eigenvalue weighted by atomic mass is 10.1. The van der Waals surface area contributed by atoms with Crippen molar-refractivity contribution in [1.29, 1.82) is 10.8 Å². The van der Waals surface area contributed by atoms with E-state index in [4.69, 9.17) is 22.3 Å². The second kappa shape index (κ2) is 5.08. The van der Waals surface area contributed by atoms with Gasteiger partial charge in [-0.1, -0.05) is 12.1 Å². The van der Waals surface area contributed by atoms with Crippen LogP contribution in [-0.2, 0) is 0 Å². The number of hydrogen-bond acceptors (Lipinski definition) is 4. The zero-order valence-electron chi connectivity index (χ0n) is 11.4. The van der Waals surface area contributed by atoms with Gasteiger partial charge >= 0.3 is 0 Å². The number of nitrogens with zero attached hydrogens (tertiary/aromatic N) is 2. The van der Waals surface area contributed by atoms with Gasteiger partial charge in [-0.3, -0.25) is 10.8 Å². The molecule has 0 aliphatic heterocycles. The minimum Gasteiger partial charge on any atom is -0.382 e. The van der Waals surface area contributed by atoms with Crippen molar-refractivity contribution in [3.63, 3.8) is 0 Å². The van der Waals surface area contributed by atoms with Crippen LogP contribution in [0.2, 0.25) is 0 Å². The number of aromatic nitrogens is 2. The molecule has 0 fully saturated rings. The molecule has 6 heteroatoms. The summed E-state index contributed by atoms with van der Waals surface area (Å²) in [5, 5.41) is 14.9. The third-order valence-corrected chi connectivity index (χ3v) is 2.97. The Labute approximate surface area is 116 Å². The summed E-state index contributed by atoms with van der Waals surface area (Å²) >= 11 is 0. The fourth-order valence-electron chi connectivity index (χ4n) is 1.84. The predicted molar refractivity (Wildman–Crippen MR) is 79.0 cm³/mol. The smallest absolute Gasteiger partial charge is 0.141 e. The Kier molecular flexibility index (Phi) is 3.47. The van der Waals surface area contributed by atoms with Crippen molar-refractivity contribution in [2.45, 2.75) is 13.8 Å². The molecule has 20 heavy (non-hydrogen) atoms. The van der Waals surface area contributed by atoms with Crippen LogP contribution in [0, 0.1) is 24.7 Å². The van der Waals surface area contributed by atoms with Crippen LogP contribution in [0.15, 0.2) is 24.3 Å². The normalized spacial score (nSPS) is 10.3. The largest absolute Gasteiger partial charge is 0.382 e. The van der Waals surface area contributed by atoms with E-state index in [2.05, 4.69) is 9.97 Å². The second-order valence-corrected chi connectivity index (χ2v) is 4.55. The average molecular weight is 268 g/mol. The van der Waals surface area contributed by atoms with E-state index in [1.54, 1.807) is 12.1 Å². The molecule has 2 aromatic rings. The number of nitrogens with one attached hydrogen (secondary N) is 2. The second-order valence-electron chi connectivity index (χ2n) is 4.55. The fraction of sp³-hybridized carbons (Fsp3) is 0.143. The zero-order valence-corrected chi connectivity index (χ0v) is 11.4. The average Bonchev–Trinajstić information content (AvgIpc) is 2.39. The van der Waals surface area contributed by atoms with Gasteiger partial charge in [0.1, 0.15) is 23.1 Å². The maximum atomic E-state index is 7.47. The molecule has 0 atom stereocenters. The maximum Gasteiger partial charge on any atom is 0.141 e. The molecule has 0 unspecified atom stereocenters. The van der Waals surface area contributed by atoms with Gasteiger partial charge in [-0.2, -0.15) is 0 Å². The molecule has 0 aromatic carbocycles. The Morgan fingerprint density at radius 3 is 1.45 bits per heavy atom. The first-order chi connectivity index (χ1) is 9.40. The van der Waals surface area contributed by atoms with Gasteiger partial charge in [-0.25, -0.2) is 9.97 Å². The van der Waals surface area contributed by atoms with Crippen molar-refractivity contribution in [3.05, 3.63) is 46.8 Å². The van der Waals surface area contributed by atoms with Crippen molar-refractivity contribution >= 4 is 11.7 Å². The Bertz CT molecular complexity index is 643. The summed E-state index contributed by atoms with van der Waals surface area (Å²) in [4.78, 5) is 8.76. The summed E-state index contributed by atoms with van der Waals surface area (Å²) in [6.07, 6.45) is 0. The monoisotopic (exact) mass is 268 g/mol. The molecular formula is C14H16N6. The Hall–Kier alpha value is -2.76. The van der Waals surface area contributed by atoms with Crippen LogP contribution in [0.1, 0.15) is 22.5 Å². The summed E-state index contributed by atoms with van der Waals surface area (Å²) in [7, 11) is 0. The third-order valence-electron chi connectivity index (χ3n) is 2.97. The molecule has 6 nitrogen and oxygen atoms in total. The minimum absolute atomic E-state index is 0.0911. The molecular weight excluding hydrogens is 252 g/mol. The van der Waals surface area contributed by atoms with E-state index in [-0.39, 0.29) is 11.7 Å². The molecule has 0 saturated heterocycles. The van der Waals surface area contributed by atoms with Crippen molar-refractivity contribution in [2.75, 3.05) is 0 Å². The van der Waals surface area contributed by atoms with E-state index < -0.39 is 0 Å². The first-order valence-corrected chi connectivity index (χ1v) is 6.04. The van der Waals surface area contributed by atoms with Crippen molar-refractivity contribution in [3.8, 4) is 11.4 Å². The number of nitrogens with two attached hydrogens (primary N) is 2. The van der Waals surface area contributed by atoms with Crippen LogP contribution in [0.4, 0.5) is 0 Å². The van der Waals surface area contributed by atoms with Gasteiger partial charge in [-0.15, -0.1) is 0 Å².